The van der Waals surface area contributed by atoms with Crippen LogP contribution in [-0.4, -0.2) is 25.6 Å². The molecular weight excluding hydrogens is 192 g/mol. The quantitative estimate of drug-likeness (QED) is 0.629. The molecule has 5 heteroatoms. The summed E-state index contributed by atoms with van der Waals surface area (Å²) in [6, 6.07) is 5.82. The molecule has 3 N–H and O–H groups in total. The number of hydrogen-bond acceptors (Lipinski definition) is 3. The molecule has 72 valence electrons. The largest absolute Gasteiger partial charge is 0.508 e. The molecule has 1 aromatic carbocycles. The third kappa shape index (κ3) is 2.51. The second kappa shape index (κ2) is 4.36. The van der Waals surface area contributed by atoms with Crippen LogP contribution in [0.15, 0.2) is 24.3 Å². The predicted octanol–water partition coefficient (Wildman–Crippen LogP) is 0.647. The molecule has 0 aliphatic heterocycles. The van der Waals surface area contributed by atoms with Gasteiger partial charge in [-0.05, 0) is 17.7 Å². The minimum absolute atomic E-state index is 0.0872. The molecule has 0 saturated carbocycles. The van der Waals surface area contributed by atoms with E-state index in [1.165, 1.54) is 24.3 Å². The molecule has 0 aliphatic carbocycles. The van der Waals surface area contributed by atoms with Crippen LogP contribution in [0.2, 0.25) is 0 Å². The zero-order valence-electron chi connectivity index (χ0n) is 6.75. The van der Waals surface area contributed by atoms with Crippen molar-refractivity contribution >= 4 is 11.1 Å². The van der Waals surface area contributed by atoms with Crippen molar-refractivity contribution in [3.8, 4) is 5.75 Å². The first-order valence-electron chi connectivity index (χ1n) is 3.64. The molecule has 1 rings (SSSR count). The highest BCUT2D eigenvalue weighted by molar-refractivity contribution is 7.79. The SMILES string of the molecule is O=S(O)C(CO)c1ccc(O)cc1. The highest BCUT2D eigenvalue weighted by Crippen LogP contribution is 2.20. The number of hydrogen-bond donors (Lipinski definition) is 3. The Bertz CT molecular complexity index is 296. The monoisotopic (exact) mass is 202 g/mol. The average molecular weight is 202 g/mol. The van der Waals surface area contributed by atoms with Gasteiger partial charge in [-0.2, -0.15) is 0 Å². The number of aliphatic hydroxyl groups is 1. The molecule has 0 amide bonds. The van der Waals surface area contributed by atoms with Gasteiger partial charge in [0.25, 0.3) is 0 Å². The third-order valence-electron chi connectivity index (χ3n) is 1.67. The van der Waals surface area contributed by atoms with Gasteiger partial charge in [0.15, 0.2) is 11.1 Å². The van der Waals surface area contributed by atoms with Gasteiger partial charge in [0, 0.05) is 0 Å². The smallest absolute Gasteiger partial charge is 0.162 e. The second-order valence-corrected chi connectivity index (χ2v) is 3.66. The highest BCUT2D eigenvalue weighted by Gasteiger charge is 2.15. The molecule has 0 saturated heterocycles. The average Bonchev–Trinajstić information content (AvgIpc) is 2.09. The first kappa shape index (κ1) is 10.2. The number of phenols is 1. The van der Waals surface area contributed by atoms with E-state index in [4.69, 9.17) is 14.8 Å². The summed E-state index contributed by atoms with van der Waals surface area (Å²) in [4.78, 5) is 0. The molecule has 2 atom stereocenters. The van der Waals surface area contributed by atoms with Gasteiger partial charge < -0.3 is 14.8 Å². The van der Waals surface area contributed by atoms with Crippen molar-refractivity contribution < 1.29 is 19.0 Å². The van der Waals surface area contributed by atoms with E-state index in [1.54, 1.807) is 0 Å². The van der Waals surface area contributed by atoms with Crippen molar-refractivity contribution in [2.45, 2.75) is 5.25 Å². The fourth-order valence-corrected chi connectivity index (χ4v) is 1.49. The fraction of sp³-hybridized carbons (Fsp3) is 0.250. The van der Waals surface area contributed by atoms with Gasteiger partial charge in [0.1, 0.15) is 11.0 Å². The van der Waals surface area contributed by atoms with E-state index in [1.807, 2.05) is 0 Å². The summed E-state index contributed by atoms with van der Waals surface area (Å²) in [5.41, 5.74) is 0.529. The minimum atomic E-state index is -2.09. The lowest BCUT2D eigenvalue weighted by molar-refractivity contribution is 0.290. The van der Waals surface area contributed by atoms with Gasteiger partial charge in [-0.3, -0.25) is 0 Å². The number of phenolic OH excluding ortho intramolecular Hbond substituents is 1. The Balaban J connectivity index is 2.92. The van der Waals surface area contributed by atoms with Gasteiger partial charge in [-0.1, -0.05) is 12.1 Å². The van der Waals surface area contributed by atoms with Gasteiger partial charge >= 0.3 is 0 Å². The van der Waals surface area contributed by atoms with E-state index < -0.39 is 22.9 Å². The Morgan fingerprint density at radius 1 is 1.31 bits per heavy atom. The fourth-order valence-electron chi connectivity index (χ4n) is 0.975. The molecule has 0 spiro atoms. The molecule has 0 aromatic heterocycles. The van der Waals surface area contributed by atoms with E-state index in [2.05, 4.69) is 0 Å². The Morgan fingerprint density at radius 3 is 2.23 bits per heavy atom. The molecule has 0 fully saturated rings. The Kier molecular flexibility index (Phi) is 3.41. The van der Waals surface area contributed by atoms with Crippen molar-refractivity contribution in [1.82, 2.24) is 0 Å². The van der Waals surface area contributed by atoms with E-state index in [9.17, 15) is 4.21 Å². The summed E-state index contributed by atoms with van der Waals surface area (Å²) in [5.74, 6) is 0.0872. The molecule has 4 nitrogen and oxygen atoms in total. The lowest BCUT2D eigenvalue weighted by atomic mass is 10.1. The first-order valence-corrected chi connectivity index (χ1v) is 4.81. The summed E-state index contributed by atoms with van der Waals surface area (Å²) >= 11 is -2.09. The zero-order valence-corrected chi connectivity index (χ0v) is 7.57. The van der Waals surface area contributed by atoms with E-state index in [0.29, 0.717) is 5.56 Å². The van der Waals surface area contributed by atoms with E-state index in [0.717, 1.165) is 0 Å². The molecule has 1 aromatic rings. The topological polar surface area (TPSA) is 77.8 Å². The molecular formula is C8H10O4S. The Hall–Kier alpha value is -0.910. The third-order valence-corrected chi connectivity index (χ3v) is 2.58. The summed E-state index contributed by atoms with van der Waals surface area (Å²) in [6.07, 6.45) is 0. The van der Waals surface area contributed by atoms with Crippen molar-refractivity contribution in [2.75, 3.05) is 6.61 Å². The van der Waals surface area contributed by atoms with Crippen LogP contribution < -0.4 is 0 Å². The molecule has 0 bridgehead atoms. The Morgan fingerprint density at radius 2 is 1.85 bits per heavy atom. The minimum Gasteiger partial charge on any atom is -0.508 e. The lowest BCUT2D eigenvalue weighted by Gasteiger charge is -2.09. The van der Waals surface area contributed by atoms with Crippen LogP contribution in [0.3, 0.4) is 0 Å². The predicted molar refractivity (Wildman–Crippen MR) is 48.7 cm³/mol. The van der Waals surface area contributed by atoms with Crippen LogP contribution in [0.4, 0.5) is 0 Å². The maximum Gasteiger partial charge on any atom is 0.162 e. The zero-order chi connectivity index (χ0) is 9.84. The summed E-state index contributed by atoms with van der Waals surface area (Å²) in [5, 5.41) is 16.9. The number of benzene rings is 1. The van der Waals surface area contributed by atoms with Crippen molar-refractivity contribution in [2.24, 2.45) is 0 Å². The first-order chi connectivity index (χ1) is 6.15. The van der Waals surface area contributed by atoms with Crippen molar-refractivity contribution in [3.63, 3.8) is 0 Å². The lowest BCUT2D eigenvalue weighted by Crippen LogP contribution is -2.09. The maximum atomic E-state index is 10.7. The van der Waals surface area contributed by atoms with Crippen molar-refractivity contribution in [1.29, 1.82) is 0 Å². The van der Waals surface area contributed by atoms with Crippen LogP contribution in [0.1, 0.15) is 10.8 Å². The number of aliphatic hydroxyl groups excluding tert-OH is 1. The van der Waals surface area contributed by atoms with Crippen molar-refractivity contribution in [3.05, 3.63) is 29.8 Å². The number of aromatic hydroxyl groups is 1. The highest BCUT2D eigenvalue weighted by atomic mass is 32.2. The molecule has 0 aliphatic rings. The van der Waals surface area contributed by atoms with Crippen LogP contribution in [0.25, 0.3) is 0 Å². The molecule has 13 heavy (non-hydrogen) atoms. The van der Waals surface area contributed by atoms with E-state index >= 15 is 0 Å². The van der Waals surface area contributed by atoms with Gasteiger partial charge in [0.05, 0.1) is 6.61 Å². The molecule has 2 unspecified atom stereocenters. The van der Waals surface area contributed by atoms with E-state index in [-0.39, 0.29) is 5.75 Å². The van der Waals surface area contributed by atoms with Gasteiger partial charge in [-0.25, -0.2) is 4.21 Å². The summed E-state index contributed by atoms with van der Waals surface area (Å²) < 4.78 is 19.5. The summed E-state index contributed by atoms with van der Waals surface area (Å²) in [7, 11) is 0. The standard InChI is InChI=1S/C8H10O4S/c9-5-8(13(11)12)6-1-3-7(10)4-2-6/h1-4,8-10H,5H2,(H,11,12). The van der Waals surface area contributed by atoms with Gasteiger partial charge in [-0.15, -0.1) is 0 Å². The van der Waals surface area contributed by atoms with Crippen LogP contribution >= 0.6 is 0 Å². The number of rotatable bonds is 3. The molecule has 0 heterocycles. The maximum absolute atomic E-state index is 10.7. The van der Waals surface area contributed by atoms with Crippen LogP contribution in [0, 0.1) is 0 Å². The van der Waals surface area contributed by atoms with Gasteiger partial charge in [0.2, 0.25) is 0 Å². The second-order valence-electron chi connectivity index (χ2n) is 2.54. The normalized spacial score (nSPS) is 15.2. The summed E-state index contributed by atoms with van der Waals surface area (Å²) in [6.45, 7) is -0.395. The van der Waals surface area contributed by atoms with Crippen LogP contribution in [-0.2, 0) is 11.1 Å². The van der Waals surface area contributed by atoms with Crippen LogP contribution in [0.5, 0.6) is 5.75 Å². The Labute approximate surface area is 78.1 Å². The molecule has 0 radical (unpaired) electrons.